The standard InChI is InChI=1S/4C20H18NOSi.4Ir/c1-23(2,3)15-8-6-7-14(13-15)18-12-11-17-16-9-4-5-10-19(16)22-20(17)21-18;1-23(2,3)18-13-16-15-11-7-8-12-17(15)22-20(16)21-19(18)14-9-5-4-6-10-14;1-23(2,3)18-13-16(14-9-5-4-6-10-14)21-20-19(18)15-11-7-8-12-17(15)22-20;1-23(2,3)15-10-8-14(9-11-15)18-13-12-17-16-6-4-5-7-19(16)22-20(17)21-18;;;;/h4-12H,1-3H3;2*4-9,11-13H,1-3H3;4-8,10-13H,1-3H3;;;;/q4*-1;;;;. The maximum Gasteiger partial charge on any atom is 0.218 e. The molecule has 0 saturated heterocycles. The summed E-state index contributed by atoms with van der Waals surface area (Å²) in [6, 6.07) is 87.6. The third kappa shape index (κ3) is 15.6. The number of fused-ring (bicyclic) bond motifs is 12. The van der Waals surface area contributed by atoms with Gasteiger partial charge in [0.2, 0.25) is 22.9 Å². The Kier molecular flexibility index (Phi) is 22.9. The summed E-state index contributed by atoms with van der Waals surface area (Å²) in [6.07, 6.45) is 0. The van der Waals surface area contributed by atoms with Gasteiger partial charge in [-0.25, -0.2) is 0 Å². The van der Waals surface area contributed by atoms with Crippen molar-refractivity contribution in [1.82, 2.24) is 19.9 Å². The maximum absolute atomic E-state index is 6.05. The molecular weight excluding hydrogens is 1960 g/mol. The second-order valence-electron chi connectivity index (χ2n) is 27.5. The van der Waals surface area contributed by atoms with Gasteiger partial charge in [-0.2, -0.15) is 0 Å². The maximum atomic E-state index is 6.05. The topological polar surface area (TPSA) is 104 Å². The smallest absolute Gasteiger partial charge is 0.218 e. The van der Waals surface area contributed by atoms with Crippen LogP contribution in [0.1, 0.15) is 0 Å². The van der Waals surface area contributed by atoms with Crippen LogP contribution >= 0.6 is 0 Å². The molecule has 0 N–H and O–H groups in total. The molecule has 0 bridgehead atoms. The molecule has 8 nitrogen and oxygen atoms in total. The SMILES string of the molecule is C[Si](C)(C)c1[c-]c(-c2ccc3c(n2)oc2ccccc23)ccc1.C[Si](C)(C)c1c[c-]c(-c2ccc3c(n2)oc2ccccc23)cc1.C[Si](C)(C)c1cc(-c2[c-]cccc2)nc2oc3ccccc3c12.C[Si](C)(C)c1cc2c(nc1-c1[c-]cccc1)oc1ccccc12.[Ir].[Ir].[Ir].[Ir]. The summed E-state index contributed by atoms with van der Waals surface area (Å²) in [6.45, 7) is 28.2. The third-order valence-corrected chi connectivity index (χ3v) is 24.6. The van der Waals surface area contributed by atoms with E-state index in [4.69, 9.17) is 32.6 Å². The van der Waals surface area contributed by atoms with Crippen LogP contribution < -0.4 is 20.7 Å². The van der Waals surface area contributed by atoms with Crippen molar-refractivity contribution in [3.05, 3.63) is 243 Å². The molecule has 0 aliphatic carbocycles. The monoisotopic (exact) mass is 2040 g/mol. The number of hydrogen-bond acceptors (Lipinski definition) is 8. The van der Waals surface area contributed by atoms with Crippen molar-refractivity contribution in [2.75, 3.05) is 0 Å². The van der Waals surface area contributed by atoms with Gasteiger partial charge < -0.3 is 17.7 Å². The first-order chi connectivity index (χ1) is 44.1. The molecule has 96 heavy (non-hydrogen) atoms. The Bertz CT molecular complexity index is 5360. The van der Waals surface area contributed by atoms with Crippen LogP contribution in [-0.2, 0) is 80.4 Å². The summed E-state index contributed by atoms with van der Waals surface area (Å²) in [5.41, 5.74) is 14.2. The van der Waals surface area contributed by atoms with Crippen LogP contribution in [0.4, 0.5) is 0 Å². The number of para-hydroxylation sites is 4. The Hall–Kier alpha value is -6.98. The first-order valence-electron chi connectivity index (χ1n) is 31.3. The molecule has 0 unspecified atom stereocenters. The van der Waals surface area contributed by atoms with Gasteiger partial charge in [-0.1, -0.05) is 198 Å². The normalized spacial score (nSPS) is 11.6. The van der Waals surface area contributed by atoms with Gasteiger partial charge in [0.05, 0.1) is 24.2 Å². The Morgan fingerprint density at radius 2 is 0.740 bits per heavy atom. The summed E-state index contributed by atoms with van der Waals surface area (Å²) >= 11 is 0. The molecule has 0 aliphatic heterocycles. The van der Waals surface area contributed by atoms with Gasteiger partial charge in [0.25, 0.3) is 0 Å². The number of nitrogens with zero attached hydrogens (tertiary/aromatic N) is 4. The molecule has 492 valence electrons. The molecule has 0 amide bonds. The Morgan fingerprint density at radius 3 is 1.23 bits per heavy atom. The van der Waals surface area contributed by atoms with E-state index in [1.807, 2.05) is 115 Å². The van der Waals surface area contributed by atoms with Crippen molar-refractivity contribution in [3.8, 4) is 45.0 Å². The molecule has 0 aliphatic rings. The van der Waals surface area contributed by atoms with Crippen LogP contribution in [0.2, 0.25) is 78.6 Å². The number of furan rings is 4. The fourth-order valence-electron chi connectivity index (χ4n) is 11.6. The molecule has 0 atom stereocenters. The Balaban J connectivity index is 0.000000148. The largest absolute Gasteiger partial charge is 0.439 e. The van der Waals surface area contributed by atoms with E-state index in [0.717, 1.165) is 111 Å². The van der Waals surface area contributed by atoms with Gasteiger partial charge in [-0.05, 0) is 47.0 Å². The van der Waals surface area contributed by atoms with E-state index in [1.54, 1.807) is 0 Å². The number of rotatable bonds is 8. The molecule has 16 rings (SSSR count). The van der Waals surface area contributed by atoms with Crippen molar-refractivity contribution in [2.45, 2.75) is 78.6 Å². The van der Waals surface area contributed by atoms with Crippen LogP contribution in [0.15, 0.2) is 236 Å². The predicted octanol–water partition coefficient (Wildman–Crippen LogP) is 20.0. The summed E-state index contributed by atoms with van der Waals surface area (Å²) in [7, 11) is -5.80. The molecule has 0 spiro atoms. The predicted molar refractivity (Wildman–Crippen MR) is 395 cm³/mol. The zero-order chi connectivity index (χ0) is 64.1. The zero-order valence-corrected chi connectivity index (χ0v) is 69.1. The number of pyridine rings is 4. The summed E-state index contributed by atoms with van der Waals surface area (Å²) in [5.74, 6) is 0. The minimum absolute atomic E-state index is 0. The van der Waals surface area contributed by atoms with Crippen LogP contribution in [0.3, 0.4) is 0 Å². The van der Waals surface area contributed by atoms with Gasteiger partial charge in [-0.3, -0.25) is 19.9 Å². The molecule has 8 aromatic heterocycles. The van der Waals surface area contributed by atoms with Gasteiger partial charge in [0.1, 0.15) is 22.3 Å². The van der Waals surface area contributed by atoms with Crippen molar-refractivity contribution < 1.29 is 98.1 Å². The first-order valence-corrected chi connectivity index (χ1v) is 45.3. The molecule has 16 heteroatoms. The molecule has 0 fully saturated rings. The molecule has 8 heterocycles. The van der Waals surface area contributed by atoms with E-state index in [-0.39, 0.29) is 80.4 Å². The number of aromatic nitrogens is 4. The van der Waals surface area contributed by atoms with Gasteiger partial charge in [-0.15, -0.1) is 142 Å². The number of hydrogen-bond donors (Lipinski definition) is 0. The third-order valence-electron chi connectivity index (χ3n) is 16.6. The van der Waals surface area contributed by atoms with Gasteiger partial charge in [0, 0.05) is 132 Å². The zero-order valence-electron chi connectivity index (χ0n) is 55.5. The summed E-state index contributed by atoms with van der Waals surface area (Å²) in [5, 5.41) is 14.4. The average molecular weight is 2030 g/mol. The van der Waals surface area contributed by atoms with Crippen molar-refractivity contribution in [2.24, 2.45) is 0 Å². The second kappa shape index (κ2) is 30.0. The van der Waals surface area contributed by atoms with E-state index in [2.05, 4.69) is 211 Å². The molecule has 8 aromatic carbocycles. The molecular formula is C80H72Ir4N4O4Si4-4. The summed E-state index contributed by atoms with van der Waals surface area (Å²) in [4.78, 5) is 19.1. The van der Waals surface area contributed by atoms with E-state index in [1.165, 1.54) is 26.1 Å². The fraction of sp³-hybridized carbons (Fsp3) is 0.150. The van der Waals surface area contributed by atoms with Crippen LogP contribution in [0, 0.1) is 24.3 Å². The molecule has 0 saturated carbocycles. The van der Waals surface area contributed by atoms with Crippen molar-refractivity contribution in [3.63, 3.8) is 0 Å². The minimum atomic E-state index is -1.56. The van der Waals surface area contributed by atoms with Gasteiger partial charge in [0.15, 0.2) is 0 Å². The average Bonchev–Trinajstić information content (AvgIpc) is 1.56. The molecule has 4 radical (unpaired) electrons. The van der Waals surface area contributed by atoms with E-state index >= 15 is 0 Å². The molecule has 16 aromatic rings. The van der Waals surface area contributed by atoms with Crippen molar-refractivity contribution >= 4 is 141 Å². The van der Waals surface area contributed by atoms with Crippen LogP contribution in [-0.4, -0.2) is 52.2 Å². The van der Waals surface area contributed by atoms with Crippen LogP contribution in [0.5, 0.6) is 0 Å². The minimum Gasteiger partial charge on any atom is -0.439 e. The fourth-order valence-corrected chi connectivity index (χ4v) is 16.8. The summed E-state index contributed by atoms with van der Waals surface area (Å²) < 4.78 is 23.8. The quantitative estimate of drug-likeness (QED) is 0.109. The van der Waals surface area contributed by atoms with Crippen molar-refractivity contribution in [1.29, 1.82) is 0 Å². The Morgan fingerprint density at radius 1 is 0.302 bits per heavy atom. The van der Waals surface area contributed by atoms with Crippen LogP contribution in [0.25, 0.3) is 133 Å². The van der Waals surface area contributed by atoms with E-state index in [0.29, 0.717) is 17.1 Å². The van der Waals surface area contributed by atoms with E-state index in [9.17, 15) is 0 Å². The Labute approximate surface area is 619 Å². The van der Waals surface area contributed by atoms with Gasteiger partial charge >= 0.3 is 0 Å². The van der Waals surface area contributed by atoms with E-state index < -0.39 is 32.3 Å². The number of benzene rings is 8. The second-order valence-corrected chi connectivity index (χ2v) is 47.7. The first kappa shape index (κ1) is 73.3.